The topological polar surface area (TPSA) is 47.3 Å². The molecule has 0 saturated carbocycles. The van der Waals surface area contributed by atoms with E-state index in [1.165, 1.54) is 6.07 Å². The molecule has 0 fully saturated rings. The molecule has 0 aliphatic rings. The molecule has 0 unspecified atom stereocenters. The fourth-order valence-electron chi connectivity index (χ4n) is 1.22. The van der Waals surface area contributed by atoms with Crippen molar-refractivity contribution in [1.29, 1.82) is 0 Å². The number of hydrogen-bond donors (Lipinski definition) is 2. The van der Waals surface area contributed by atoms with Crippen molar-refractivity contribution in [3.05, 3.63) is 33.7 Å². The summed E-state index contributed by atoms with van der Waals surface area (Å²) in [6.45, 7) is 7.28. The number of ether oxygens (including phenoxy) is 1. The predicted octanol–water partition coefficient (Wildman–Crippen LogP) is 3.02. The summed E-state index contributed by atoms with van der Waals surface area (Å²) in [6.07, 6.45) is 0. The lowest BCUT2D eigenvalue weighted by molar-refractivity contribution is 0.167. The molecule has 0 atom stereocenters. The quantitative estimate of drug-likeness (QED) is 0.359. The number of hydrogen-bond acceptors (Lipinski definition) is 3. The molecule has 0 heterocycles. The van der Waals surface area contributed by atoms with E-state index in [9.17, 15) is 4.39 Å². The van der Waals surface area contributed by atoms with Crippen LogP contribution in [-0.4, -0.2) is 19.8 Å². The average Bonchev–Trinajstić information content (AvgIpc) is 2.24. The van der Waals surface area contributed by atoms with Crippen LogP contribution in [0.25, 0.3) is 0 Å². The standard InChI is InChI=1S/C12H16FIN2O/c1-8(2)7-17-4-3-16-12-5-9(13)10(14)6-11(12)15/h5-6,16H,1,3-4,7,15H2,2H3. The van der Waals surface area contributed by atoms with Crippen molar-refractivity contribution in [3.63, 3.8) is 0 Å². The van der Waals surface area contributed by atoms with E-state index in [0.717, 1.165) is 5.57 Å². The molecule has 0 radical (unpaired) electrons. The number of rotatable bonds is 6. The number of nitrogens with one attached hydrogen (secondary N) is 1. The average molecular weight is 350 g/mol. The summed E-state index contributed by atoms with van der Waals surface area (Å²) in [4.78, 5) is 0. The highest BCUT2D eigenvalue weighted by atomic mass is 127. The second kappa shape index (κ2) is 6.80. The molecule has 0 aliphatic carbocycles. The van der Waals surface area contributed by atoms with Gasteiger partial charge >= 0.3 is 0 Å². The molecule has 3 nitrogen and oxygen atoms in total. The molecule has 0 bridgehead atoms. The van der Waals surface area contributed by atoms with Gasteiger partial charge in [-0.3, -0.25) is 0 Å². The maximum atomic E-state index is 13.3. The Bertz CT molecular complexity index is 410. The highest BCUT2D eigenvalue weighted by molar-refractivity contribution is 14.1. The van der Waals surface area contributed by atoms with Crippen LogP contribution in [-0.2, 0) is 4.74 Å². The van der Waals surface area contributed by atoms with Gasteiger partial charge in [0.25, 0.3) is 0 Å². The van der Waals surface area contributed by atoms with Crippen molar-refractivity contribution in [2.24, 2.45) is 0 Å². The lowest BCUT2D eigenvalue weighted by Crippen LogP contribution is -2.11. The normalized spacial score (nSPS) is 10.3. The van der Waals surface area contributed by atoms with E-state index in [1.54, 1.807) is 6.07 Å². The van der Waals surface area contributed by atoms with Gasteiger partial charge in [-0.15, -0.1) is 0 Å². The summed E-state index contributed by atoms with van der Waals surface area (Å²) >= 11 is 1.91. The smallest absolute Gasteiger partial charge is 0.138 e. The molecule has 0 saturated heterocycles. The van der Waals surface area contributed by atoms with Crippen LogP contribution in [0, 0.1) is 9.39 Å². The first-order chi connectivity index (χ1) is 8.00. The summed E-state index contributed by atoms with van der Waals surface area (Å²) in [5.41, 5.74) is 7.88. The molecular formula is C12H16FIN2O. The minimum atomic E-state index is -0.273. The van der Waals surface area contributed by atoms with E-state index >= 15 is 0 Å². The minimum Gasteiger partial charge on any atom is -0.397 e. The van der Waals surface area contributed by atoms with E-state index in [2.05, 4.69) is 11.9 Å². The highest BCUT2D eigenvalue weighted by Crippen LogP contribution is 2.23. The molecule has 1 rings (SSSR count). The Morgan fingerprint density at radius 3 is 2.94 bits per heavy atom. The number of anilines is 2. The van der Waals surface area contributed by atoms with E-state index in [0.29, 0.717) is 34.7 Å². The summed E-state index contributed by atoms with van der Waals surface area (Å²) in [5.74, 6) is -0.273. The van der Waals surface area contributed by atoms with E-state index < -0.39 is 0 Å². The van der Waals surface area contributed by atoms with Gasteiger partial charge in [-0.25, -0.2) is 4.39 Å². The van der Waals surface area contributed by atoms with E-state index in [4.69, 9.17) is 10.5 Å². The van der Waals surface area contributed by atoms with Crippen molar-refractivity contribution in [1.82, 2.24) is 0 Å². The van der Waals surface area contributed by atoms with Gasteiger partial charge in [-0.2, -0.15) is 0 Å². The van der Waals surface area contributed by atoms with Crippen LogP contribution in [0.3, 0.4) is 0 Å². The van der Waals surface area contributed by atoms with Gasteiger partial charge in [-0.1, -0.05) is 12.2 Å². The van der Waals surface area contributed by atoms with Gasteiger partial charge in [0.1, 0.15) is 5.82 Å². The van der Waals surface area contributed by atoms with Crippen LogP contribution in [0.4, 0.5) is 15.8 Å². The van der Waals surface area contributed by atoms with Crippen LogP contribution in [0.5, 0.6) is 0 Å². The molecule has 0 amide bonds. The summed E-state index contributed by atoms with van der Waals surface area (Å²) < 4.78 is 19.1. The Hall–Kier alpha value is -0.820. The van der Waals surface area contributed by atoms with Gasteiger partial charge in [0.05, 0.1) is 28.2 Å². The second-order valence-corrected chi connectivity index (χ2v) is 4.95. The first-order valence-corrected chi connectivity index (χ1v) is 6.29. The van der Waals surface area contributed by atoms with Crippen LogP contribution < -0.4 is 11.1 Å². The molecule has 5 heteroatoms. The zero-order valence-electron chi connectivity index (χ0n) is 9.72. The Morgan fingerprint density at radius 2 is 2.29 bits per heavy atom. The molecule has 3 N–H and O–H groups in total. The van der Waals surface area contributed by atoms with E-state index in [-0.39, 0.29) is 5.82 Å². The first-order valence-electron chi connectivity index (χ1n) is 5.21. The van der Waals surface area contributed by atoms with Gasteiger partial charge in [0.15, 0.2) is 0 Å². The summed E-state index contributed by atoms with van der Waals surface area (Å²) in [6, 6.07) is 3.00. The first kappa shape index (κ1) is 14.2. The van der Waals surface area contributed by atoms with Gasteiger partial charge in [0.2, 0.25) is 0 Å². The van der Waals surface area contributed by atoms with Gasteiger partial charge in [0, 0.05) is 12.6 Å². The summed E-state index contributed by atoms with van der Waals surface area (Å²) in [7, 11) is 0. The zero-order valence-corrected chi connectivity index (χ0v) is 11.9. The molecule has 17 heavy (non-hydrogen) atoms. The molecular weight excluding hydrogens is 334 g/mol. The molecule has 1 aromatic rings. The summed E-state index contributed by atoms with van der Waals surface area (Å²) in [5, 5.41) is 3.03. The van der Waals surface area contributed by atoms with Crippen LogP contribution in [0.2, 0.25) is 0 Å². The van der Waals surface area contributed by atoms with Crippen molar-refractivity contribution >= 4 is 34.0 Å². The Kier molecular flexibility index (Phi) is 5.70. The van der Waals surface area contributed by atoms with Crippen LogP contribution in [0.15, 0.2) is 24.3 Å². The molecule has 0 spiro atoms. The fourth-order valence-corrected chi connectivity index (χ4v) is 1.71. The lowest BCUT2D eigenvalue weighted by Gasteiger charge is -2.10. The minimum absolute atomic E-state index is 0.273. The molecule has 94 valence electrons. The van der Waals surface area contributed by atoms with Crippen LogP contribution >= 0.6 is 22.6 Å². The largest absolute Gasteiger partial charge is 0.397 e. The van der Waals surface area contributed by atoms with E-state index in [1.807, 2.05) is 29.5 Å². The lowest BCUT2D eigenvalue weighted by atomic mass is 10.2. The van der Waals surface area contributed by atoms with Crippen molar-refractivity contribution in [3.8, 4) is 0 Å². The monoisotopic (exact) mass is 350 g/mol. The maximum absolute atomic E-state index is 13.3. The van der Waals surface area contributed by atoms with Crippen molar-refractivity contribution in [2.45, 2.75) is 6.92 Å². The SMILES string of the molecule is C=C(C)COCCNc1cc(F)c(I)cc1N. The Labute approximate surface area is 114 Å². The van der Waals surface area contributed by atoms with Crippen molar-refractivity contribution < 1.29 is 9.13 Å². The molecule has 0 aliphatic heterocycles. The third-order valence-corrected chi connectivity index (χ3v) is 2.83. The number of nitrogen functional groups attached to an aromatic ring is 1. The Morgan fingerprint density at radius 1 is 1.59 bits per heavy atom. The van der Waals surface area contributed by atoms with Crippen LogP contribution in [0.1, 0.15) is 6.92 Å². The number of benzene rings is 1. The fraction of sp³-hybridized carbons (Fsp3) is 0.333. The predicted molar refractivity (Wildman–Crippen MR) is 77.7 cm³/mol. The third kappa shape index (κ3) is 4.91. The maximum Gasteiger partial charge on any atom is 0.138 e. The highest BCUT2D eigenvalue weighted by Gasteiger charge is 2.05. The van der Waals surface area contributed by atoms with Gasteiger partial charge < -0.3 is 15.8 Å². The van der Waals surface area contributed by atoms with Gasteiger partial charge in [-0.05, 0) is 35.6 Å². The second-order valence-electron chi connectivity index (χ2n) is 3.79. The number of nitrogens with two attached hydrogens (primary N) is 1. The molecule has 1 aromatic carbocycles. The molecule has 0 aromatic heterocycles. The number of halogens is 2. The Balaban J connectivity index is 2.41. The zero-order chi connectivity index (χ0) is 12.8. The van der Waals surface area contributed by atoms with Crippen molar-refractivity contribution in [2.75, 3.05) is 30.8 Å². The third-order valence-electron chi connectivity index (χ3n) is 2.00.